The first-order valence-electron chi connectivity index (χ1n) is 5.68. The zero-order valence-corrected chi connectivity index (χ0v) is 9.35. The number of unbranched alkanes of at least 4 members (excludes halogenated alkanes) is 1. The number of carbonyl (C=O) groups excluding carboxylic acids is 2. The number of carbonyl (C=O) groups is 2. The molecule has 0 aliphatic carbocycles. The molecule has 16 heavy (non-hydrogen) atoms. The van der Waals surface area contributed by atoms with Gasteiger partial charge in [0.1, 0.15) is 5.92 Å². The Kier molecular flexibility index (Phi) is 3.04. The molecule has 0 aromatic heterocycles. The monoisotopic (exact) mass is 217 g/mol. The molecule has 0 unspecified atom stereocenters. The van der Waals surface area contributed by atoms with Crippen molar-refractivity contribution in [3.63, 3.8) is 0 Å². The lowest BCUT2D eigenvalue weighted by Crippen LogP contribution is -2.57. The third kappa shape index (κ3) is 1.73. The molecule has 1 heterocycles. The number of para-hydroxylation sites is 1. The number of anilines is 1. The smallest absolute Gasteiger partial charge is 0.246 e. The molecule has 84 valence electrons. The van der Waals surface area contributed by atoms with Crippen LogP contribution in [0.5, 0.6) is 0 Å². The van der Waals surface area contributed by atoms with Crippen molar-refractivity contribution >= 4 is 17.5 Å². The van der Waals surface area contributed by atoms with Gasteiger partial charge in [-0.1, -0.05) is 38.0 Å². The SMILES string of the molecule is CCCCC1C(=O)N(c2ccccc2)C1=O. The number of β-lactam (4-membered cyclic amide) rings is 2. The quantitative estimate of drug-likeness (QED) is 0.573. The van der Waals surface area contributed by atoms with Gasteiger partial charge in [-0.2, -0.15) is 0 Å². The number of hydrogen-bond acceptors (Lipinski definition) is 2. The molecule has 1 aliphatic heterocycles. The molecular formula is C13H15NO2. The van der Waals surface area contributed by atoms with E-state index in [-0.39, 0.29) is 17.7 Å². The van der Waals surface area contributed by atoms with Crippen LogP contribution in [-0.2, 0) is 9.59 Å². The van der Waals surface area contributed by atoms with Crippen LogP contribution >= 0.6 is 0 Å². The van der Waals surface area contributed by atoms with Crippen molar-refractivity contribution in [1.82, 2.24) is 0 Å². The summed E-state index contributed by atoms with van der Waals surface area (Å²) in [6.45, 7) is 2.06. The Morgan fingerprint density at radius 2 is 1.75 bits per heavy atom. The van der Waals surface area contributed by atoms with E-state index in [2.05, 4.69) is 6.92 Å². The standard InChI is InChI=1S/C13H15NO2/c1-2-3-9-11-12(15)14(13(11)16)10-7-5-4-6-8-10/h4-8,11H,2-3,9H2,1H3. The molecule has 0 bridgehead atoms. The molecule has 0 spiro atoms. The summed E-state index contributed by atoms with van der Waals surface area (Å²) in [4.78, 5) is 24.8. The number of rotatable bonds is 4. The summed E-state index contributed by atoms with van der Waals surface area (Å²) in [5, 5.41) is 0. The van der Waals surface area contributed by atoms with Crippen molar-refractivity contribution in [2.24, 2.45) is 5.92 Å². The summed E-state index contributed by atoms with van der Waals surface area (Å²) in [6, 6.07) is 9.09. The Bertz CT molecular complexity index is 384. The first-order valence-corrected chi connectivity index (χ1v) is 5.68. The van der Waals surface area contributed by atoms with Crippen molar-refractivity contribution in [2.45, 2.75) is 26.2 Å². The van der Waals surface area contributed by atoms with E-state index in [1.807, 2.05) is 18.2 Å². The van der Waals surface area contributed by atoms with Crippen LogP contribution in [0, 0.1) is 5.92 Å². The molecular weight excluding hydrogens is 202 g/mol. The summed E-state index contributed by atoms with van der Waals surface area (Å²) in [5.74, 6) is -0.491. The van der Waals surface area contributed by atoms with Crippen molar-refractivity contribution in [2.75, 3.05) is 4.90 Å². The fraction of sp³-hybridized carbons (Fsp3) is 0.385. The second-order valence-corrected chi connectivity index (χ2v) is 4.04. The van der Waals surface area contributed by atoms with E-state index >= 15 is 0 Å². The zero-order chi connectivity index (χ0) is 11.5. The van der Waals surface area contributed by atoms with Gasteiger partial charge in [0, 0.05) is 0 Å². The normalized spacial score (nSPS) is 16.4. The molecule has 1 aliphatic rings. The fourth-order valence-corrected chi connectivity index (χ4v) is 1.95. The Hall–Kier alpha value is -1.64. The minimum absolute atomic E-state index is 0.0512. The number of imide groups is 1. The van der Waals surface area contributed by atoms with Gasteiger partial charge in [-0.25, -0.2) is 4.90 Å². The third-order valence-electron chi connectivity index (χ3n) is 2.90. The molecule has 0 N–H and O–H groups in total. The highest BCUT2D eigenvalue weighted by Crippen LogP contribution is 2.30. The van der Waals surface area contributed by atoms with E-state index in [0.717, 1.165) is 12.8 Å². The summed E-state index contributed by atoms with van der Waals surface area (Å²) < 4.78 is 0. The van der Waals surface area contributed by atoms with Crippen molar-refractivity contribution in [1.29, 1.82) is 0 Å². The molecule has 2 rings (SSSR count). The first kappa shape index (κ1) is 10.9. The highest BCUT2D eigenvalue weighted by Gasteiger charge is 2.46. The number of hydrogen-bond donors (Lipinski definition) is 0. The van der Waals surface area contributed by atoms with Gasteiger partial charge in [-0.15, -0.1) is 0 Å². The van der Waals surface area contributed by atoms with Crippen molar-refractivity contribution in [3.8, 4) is 0 Å². The molecule has 1 saturated heterocycles. The van der Waals surface area contributed by atoms with Crippen LogP contribution in [0.1, 0.15) is 26.2 Å². The topological polar surface area (TPSA) is 37.4 Å². The molecule has 0 saturated carbocycles. The van der Waals surface area contributed by atoms with Crippen LogP contribution in [0.4, 0.5) is 5.69 Å². The number of nitrogens with zero attached hydrogens (tertiary/aromatic N) is 1. The van der Waals surface area contributed by atoms with E-state index in [0.29, 0.717) is 12.1 Å². The van der Waals surface area contributed by atoms with Gasteiger partial charge in [0.15, 0.2) is 0 Å². The predicted molar refractivity (Wildman–Crippen MR) is 62.0 cm³/mol. The van der Waals surface area contributed by atoms with E-state index < -0.39 is 0 Å². The average molecular weight is 217 g/mol. The van der Waals surface area contributed by atoms with E-state index in [4.69, 9.17) is 0 Å². The Morgan fingerprint density at radius 3 is 2.31 bits per heavy atom. The van der Waals surface area contributed by atoms with Gasteiger partial charge in [0.05, 0.1) is 5.69 Å². The maximum Gasteiger partial charge on any atom is 0.246 e. The zero-order valence-electron chi connectivity index (χ0n) is 9.35. The lowest BCUT2D eigenvalue weighted by atomic mass is 9.91. The van der Waals surface area contributed by atoms with Crippen LogP contribution < -0.4 is 4.90 Å². The van der Waals surface area contributed by atoms with Crippen molar-refractivity contribution < 1.29 is 9.59 Å². The second-order valence-electron chi connectivity index (χ2n) is 4.04. The van der Waals surface area contributed by atoms with Crippen LogP contribution in [0.15, 0.2) is 30.3 Å². The maximum atomic E-state index is 11.8. The van der Waals surface area contributed by atoms with Crippen LogP contribution in [-0.4, -0.2) is 11.8 Å². The Labute approximate surface area is 95.1 Å². The van der Waals surface area contributed by atoms with Gasteiger partial charge in [-0.3, -0.25) is 9.59 Å². The fourth-order valence-electron chi connectivity index (χ4n) is 1.95. The maximum absolute atomic E-state index is 11.8. The van der Waals surface area contributed by atoms with Gasteiger partial charge >= 0.3 is 0 Å². The predicted octanol–water partition coefficient (Wildman–Crippen LogP) is 2.37. The lowest BCUT2D eigenvalue weighted by molar-refractivity contribution is -0.143. The number of amides is 2. The molecule has 1 aromatic rings. The van der Waals surface area contributed by atoms with E-state index in [1.165, 1.54) is 4.90 Å². The first-order chi connectivity index (χ1) is 7.75. The highest BCUT2D eigenvalue weighted by atomic mass is 16.2. The molecule has 0 atom stereocenters. The molecule has 0 radical (unpaired) electrons. The van der Waals surface area contributed by atoms with Crippen LogP contribution in [0.3, 0.4) is 0 Å². The lowest BCUT2D eigenvalue weighted by Gasteiger charge is -2.35. The summed E-state index contributed by atoms with van der Waals surface area (Å²) in [7, 11) is 0. The number of benzene rings is 1. The largest absolute Gasteiger partial charge is 0.273 e. The van der Waals surface area contributed by atoms with Gasteiger partial charge in [0.2, 0.25) is 11.8 Å². The van der Waals surface area contributed by atoms with E-state index in [1.54, 1.807) is 12.1 Å². The summed E-state index contributed by atoms with van der Waals surface area (Å²) >= 11 is 0. The highest BCUT2D eigenvalue weighted by molar-refractivity contribution is 6.33. The van der Waals surface area contributed by atoms with Gasteiger partial charge in [0.25, 0.3) is 0 Å². The Morgan fingerprint density at radius 1 is 1.12 bits per heavy atom. The third-order valence-corrected chi connectivity index (χ3v) is 2.90. The van der Waals surface area contributed by atoms with Crippen LogP contribution in [0.2, 0.25) is 0 Å². The van der Waals surface area contributed by atoms with Gasteiger partial charge < -0.3 is 0 Å². The Balaban J connectivity index is 2.06. The summed E-state index contributed by atoms with van der Waals surface area (Å²) in [5.41, 5.74) is 0.685. The van der Waals surface area contributed by atoms with E-state index in [9.17, 15) is 9.59 Å². The molecule has 1 fully saturated rings. The molecule has 1 aromatic carbocycles. The second kappa shape index (κ2) is 4.47. The molecule has 3 heteroatoms. The van der Waals surface area contributed by atoms with Crippen molar-refractivity contribution in [3.05, 3.63) is 30.3 Å². The molecule has 2 amide bonds. The minimum atomic E-state index is -0.389. The summed E-state index contributed by atoms with van der Waals surface area (Å²) in [6.07, 6.45) is 2.64. The minimum Gasteiger partial charge on any atom is -0.273 e. The molecule has 3 nitrogen and oxygen atoms in total. The van der Waals surface area contributed by atoms with Crippen LogP contribution in [0.25, 0.3) is 0 Å². The van der Waals surface area contributed by atoms with Gasteiger partial charge in [-0.05, 0) is 18.6 Å². The average Bonchev–Trinajstić information content (AvgIpc) is 2.31.